The number of fused-ring (bicyclic) bond motifs is 3. The molecule has 4 aromatic carbocycles. The minimum atomic E-state index is -1.30. The number of primary amides is 1. The lowest BCUT2D eigenvalue weighted by molar-refractivity contribution is -0.133. The molecule has 2 saturated heterocycles. The Bertz CT molecular complexity index is 3500. The first-order valence-corrected chi connectivity index (χ1v) is 33.4. The maximum absolute atomic E-state index is 13.8. The highest BCUT2D eigenvalue weighted by Crippen LogP contribution is 2.39. The predicted octanol–water partition coefficient (Wildman–Crippen LogP) is 5.96. The van der Waals surface area contributed by atoms with Gasteiger partial charge in [0.15, 0.2) is 0 Å². The van der Waals surface area contributed by atoms with Crippen LogP contribution in [0.15, 0.2) is 146 Å². The van der Waals surface area contributed by atoms with E-state index in [9.17, 15) is 44.1 Å². The topological polar surface area (TPSA) is 285 Å². The van der Waals surface area contributed by atoms with E-state index in [1.165, 1.54) is 6.42 Å². The summed E-state index contributed by atoms with van der Waals surface area (Å²) in [6.07, 6.45) is 7.29. The first-order chi connectivity index (χ1) is 44.9. The van der Waals surface area contributed by atoms with Gasteiger partial charge in [0.05, 0.1) is 48.4 Å². The van der Waals surface area contributed by atoms with Gasteiger partial charge in [-0.15, -0.1) is 0 Å². The standard InChI is InChI=1S/C38H50N6O5.C36H47N5O4/c1-38(2,3)43-37(49)32-20-26-14-7-8-15-27(26)22-44(32)23-33(45)30(19-24-11-5-4-6-12-24)41-36(48)31(21-34(39)46)42-35(47)29-18-17-25-13-9-10-16-28(25)40-29;1-36(2,3)39-35(45)31-24-40(22-26-12-9-15-37-21-26)16-17-41(31)23-29(42)19-28(18-25-10-5-4-6-11-25)34(44)38-33-30-14-8-7-13-27(30)20-32(33)43/h4-6,9-13,16-18,26-27,30-33,45H,7-8,14-15,19-23H2,1-3H3,(H2,39,46)(H,41,48)(H,42,47)(H,43,49);4-15,21,28-29,31-33,42-43H,16-20,22-24H2,1-3H3,(H,38,44)(H,39,45)/t26-,27+,30-,31-,32-,33+;28-,29+,31+,32-,33+/m01/s1. The molecule has 0 spiro atoms. The second-order valence-electron chi connectivity index (χ2n) is 28.3. The van der Waals surface area contributed by atoms with Crippen LogP contribution >= 0.6 is 0 Å². The van der Waals surface area contributed by atoms with Crippen molar-refractivity contribution in [3.05, 3.63) is 179 Å². The molecule has 6 amide bonds. The van der Waals surface area contributed by atoms with Crippen molar-refractivity contribution in [1.82, 2.24) is 51.3 Å². The molecular weight excluding hydrogens is 1190 g/mol. The average Bonchev–Trinajstić information content (AvgIpc) is 1.39. The number of benzene rings is 4. The molecule has 0 unspecified atom stereocenters. The lowest BCUT2D eigenvalue weighted by atomic mass is 9.72. The summed E-state index contributed by atoms with van der Waals surface area (Å²) in [4.78, 5) is 95.2. The quantitative estimate of drug-likeness (QED) is 0.0358. The van der Waals surface area contributed by atoms with Gasteiger partial charge in [0.2, 0.25) is 29.5 Å². The number of nitrogens with two attached hydrogens (primary N) is 1. The summed E-state index contributed by atoms with van der Waals surface area (Å²) in [5, 5.41) is 49.9. The minimum Gasteiger partial charge on any atom is -0.392 e. The van der Waals surface area contributed by atoms with E-state index in [1.54, 1.807) is 24.4 Å². The molecule has 94 heavy (non-hydrogen) atoms. The number of carbonyl (C=O) groups excluding carboxylic acids is 6. The number of amides is 6. The largest absolute Gasteiger partial charge is 0.392 e. The molecule has 4 aliphatic rings. The molecule has 20 heteroatoms. The van der Waals surface area contributed by atoms with Gasteiger partial charge in [-0.05, 0) is 131 Å². The fourth-order valence-electron chi connectivity index (χ4n) is 13.8. The number of carbonyl (C=O) groups is 6. The third kappa shape index (κ3) is 20.3. The molecule has 0 radical (unpaired) electrons. The zero-order chi connectivity index (χ0) is 67.1. The Morgan fingerprint density at radius 3 is 1.98 bits per heavy atom. The number of β-amino-alcohol motifs (C(OH)–C–C–N with tert-alkyl or cyclic N) is 2. The van der Waals surface area contributed by atoms with E-state index in [2.05, 4.69) is 51.3 Å². The van der Waals surface area contributed by atoms with Crippen molar-refractivity contribution in [1.29, 1.82) is 0 Å². The summed E-state index contributed by atoms with van der Waals surface area (Å²) in [7, 11) is 0. The number of hydrogen-bond donors (Lipinski definition) is 9. The van der Waals surface area contributed by atoms with Crippen LogP contribution in [0.3, 0.4) is 0 Å². The molecule has 6 aromatic rings. The molecule has 10 rings (SSSR count). The van der Waals surface area contributed by atoms with Crippen molar-refractivity contribution in [2.24, 2.45) is 23.5 Å². The summed E-state index contributed by atoms with van der Waals surface area (Å²) in [5.41, 5.74) is 10.4. The Morgan fingerprint density at radius 2 is 1.30 bits per heavy atom. The van der Waals surface area contributed by atoms with E-state index < -0.39 is 89.7 Å². The zero-order valence-electron chi connectivity index (χ0n) is 55.3. The Labute approximate surface area is 553 Å². The molecule has 502 valence electrons. The van der Waals surface area contributed by atoms with Gasteiger partial charge in [-0.1, -0.05) is 135 Å². The van der Waals surface area contributed by atoms with Crippen molar-refractivity contribution in [2.75, 3.05) is 39.3 Å². The van der Waals surface area contributed by atoms with Crippen LogP contribution in [-0.2, 0) is 49.8 Å². The summed E-state index contributed by atoms with van der Waals surface area (Å²) in [6.45, 7) is 15.5. The second-order valence-corrected chi connectivity index (χ2v) is 28.3. The zero-order valence-corrected chi connectivity index (χ0v) is 55.3. The van der Waals surface area contributed by atoms with Gasteiger partial charge in [0, 0.05) is 87.0 Å². The van der Waals surface area contributed by atoms with E-state index in [0.29, 0.717) is 56.4 Å². The second kappa shape index (κ2) is 32.4. The highest BCUT2D eigenvalue weighted by Gasteiger charge is 2.43. The number of piperazine rings is 1. The van der Waals surface area contributed by atoms with Gasteiger partial charge in [-0.3, -0.25) is 48.5 Å². The van der Waals surface area contributed by atoms with Crippen LogP contribution in [0.5, 0.6) is 0 Å². The normalized spacial score (nSPS) is 21.7. The van der Waals surface area contributed by atoms with E-state index in [1.807, 2.05) is 163 Å². The molecule has 3 fully saturated rings. The number of nitrogens with zero attached hydrogens (tertiary/aromatic N) is 5. The number of piperidine rings is 1. The molecule has 4 heterocycles. The van der Waals surface area contributed by atoms with E-state index in [4.69, 9.17) is 5.73 Å². The minimum absolute atomic E-state index is 0.0566. The fourth-order valence-corrected chi connectivity index (χ4v) is 13.8. The number of rotatable bonds is 23. The van der Waals surface area contributed by atoms with Gasteiger partial charge < -0.3 is 47.6 Å². The lowest BCUT2D eigenvalue weighted by Crippen LogP contribution is -2.61. The highest BCUT2D eigenvalue weighted by atomic mass is 16.3. The van der Waals surface area contributed by atoms with E-state index in [0.717, 1.165) is 65.4 Å². The van der Waals surface area contributed by atoms with Crippen LogP contribution in [0.2, 0.25) is 0 Å². The van der Waals surface area contributed by atoms with Gasteiger partial charge in [0.1, 0.15) is 17.8 Å². The van der Waals surface area contributed by atoms with Crippen molar-refractivity contribution in [3.63, 3.8) is 0 Å². The van der Waals surface area contributed by atoms with Gasteiger partial charge in [-0.2, -0.15) is 0 Å². The molecular formula is C74H97N11O9. The lowest BCUT2D eigenvalue weighted by Gasteiger charge is -2.47. The Balaban J connectivity index is 0.000000222. The fraction of sp³-hybridized carbons (Fsp3) is 0.486. The monoisotopic (exact) mass is 1280 g/mol. The molecule has 2 aliphatic heterocycles. The number of nitrogens with one attached hydrogen (secondary N) is 5. The number of aromatic nitrogens is 2. The number of pyridine rings is 2. The number of likely N-dealkylation sites (tertiary alicyclic amines) is 1. The van der Waals surface area contributed by atoms with Gasteiger partial charge in [-0.25, -0.2) is 4.98 Å². The number of para-hydroxylation sites is 1. The summed E-state index contributed by atoms with van der Waals surface area (Å²) < 4.78 is 0. The third-order valence-corrected chi connectivity index (χ3v) is 18.4. The van der Waals surface area contributed by atoms with Gasteiger partial charge in [0.25, 0.3) is 5.91 Å². The van der Waals surface area contributed by atoms with Crippen LogP contribution in [0.1, 0.15) is 131 Å². The number of aliphatic hydroxyl groups excluding tert-OH is 3. The van der Waals surface area contributed by atoms with Crippen LogP contribution in [0.4, 0.5) is 0 Å². The predicted molar refractivity (Wildman–Crippen MR) is 362 cm³/mol. The molecule has 2 aliphatic carbocycles. The summed E-state index contributed by atoms with van der Waals surface area (Å²) in [5.74, 6) is -1.98. The Morgan fingerprint density at radius 1 is 0.660 bits per heavy atom. The van der Waals surface area contributed by atoms with Crippen LogP contribution in [-0.4, -0.2) is 168 Å². The SMILES string of the molecule is CC(C)(C)NC(=O)[C@@H]1CN(Cc2cccnc2)CCN1C[C@@H](O)C[C@@H](Cc1ccccc1)C(=O)N[C@H]1c2ccccc2C[C@H]1O.CC(C)(C)NC(=O)[C@@H]1C[C@@H]2CCCC[C@@H]2CN1C[C@@H](O)[C@H](Cc1ccccc1)NC(=O)[C@H](CC(N)=O)NC(=O)c1ccc2ccccc2n1. The van der Waals surface area contributed by atoms with E-state index in [-0.39, 0.29) is 49.3 Å². The summed E-state index contributed by atoms with van der Waals surface area (Å²) >= 11 is 0. The molecule has 20 nitrogen and oxygen atoms in total. The molecule has 10 N–H and O–H groups in total. The maximum Gasteiger partial charge on any atom is 0.270 e. The molecule has 0 bridgehead atoms. The highest BCUT2D eigenvalue weighted by molar-refractivity contribution is 5.99. The smallest absolute Gasteiger partial charge is 0.270 e. The number of aliphatic hydroxyl groups is 3. The van der Waals surface area contributed by atoms with Crippen molar-refractivity contribution in [3.8, 4) is 0 Å². The Hall–Kier alpha value is -7.98. The van der Waals surface area contributed by atoms with Crippen molar-refractivity contribution in [2.45, 2.75) is 172 Å². The average molecular weight is 1280 g/mol. The van der Waals surface area contributed by atoms with Crippen LogP contribution < -0.4 is 32.3 Å². The summed E-state index contributed by atoms with van der Waals surface area (Å²) in [6, 6.07) is 38.3. The molecule has 11 atom stereocenters. The first-order valence-electron chi connectivity index (χ1n) is 33.4. The molecule has 1 saturated carbocycles. The van der Waals surface area contributed by atoms with Crippen LogP contribution in [0.25, 0.3) is 10.9 Å². The van der Waals surface area contributed by atoms with Crippen molar-refractivity contribution >= 4 is 46.3 Å². The molecule has 2 aromatic heterocycles. The van der Waals surface area contributed by atoms with E-state index >= 15 is 0 Å². The third-order valence-electron chi connectivity index (χ3n) is 18.4. The van der Waals surface area contributed by atoms with Gasteiger partial charge >= 0.3 is 0 Å². The number of hydrogen-bond acceptors (Lipinski definition) is 14. The van der Waals surface area contributed by atoms with Crippen LogP contribution in [0, 0.1) is 17.8 Å². The Kier molecular flexibility index (Phi) is 24.3. The van der Waals surface area contributed by atoms with Crippen molar-refractivity contribution < 1.29 is 44.1 Å². The first kappa shape index (κ1) is 70.3. The maximum atomic E-state index is 13.8.